The summed E-state index contributed by atoms with van der Waals surface area (Å²) < 4.78 is 0. The summed E-state index contributed by atoms with van der Waals surface area (Å²) in [6, 6.07) is 3.82. The van der Waals surface area contributed by atoms with Gasteiger partial charge in [-0.3, -0.25) is 4.79 Å². The monoisotopic (exact) mass is 309 g/mol. The average molecular weight is 309 g/mol. The van der Waals surface area contributed by atoms with Gasteiger partial charge in [0, 0.05) is 37.6 Å². The average Bonchev–Trinajstić information content (AvgIpc) is 2.90. The molecule has 0 atom stereocenters. The number of carbonyl (C=O) groups excluding carboxylic acids is 2. The standard InChI is InChI=1S/C15H23N3O2S/c1-11(2)10-16-15(20)18-8-6-17(7-9-18)14(19)13-5-4-12(3)21-13/h4-5,11H,6-10H2,1-3H3,(H,16,20). The SMILES string of the molecule is Cc1ccc(C(=O)N2CCN(C(=O)NCC(C)C)CC2)s1. The van der Waals surface area contributed by atoms with Crippen LogP contribution in [-0.4, -0.2) is 54.5 Å². The van der Waals surface area contributed by atoms with Gasteiger partial charge in [-0.25, -0.2) is 4.79 Å². The maximum absolute atomic E-state index is 12.3. The minimum absolute atomic E-state index is 0.0252. The van der Waals surface area contributed by atoms with Crippen LogP contribution in [0.15, 0.2) is 12.1 Å². The van der Waals surface area contributed by atoms with E-state index in [9.17, 15) is 9.59 Å². The van der Waals surface area contributed by atoms with Crippen molar-refractivity contribution in [3.8, 4) is 0 Å². The van der Waals surface area contributed by atoms with Crippen molar-refractivity contribution in [2.45, 2.75) is 20.8 Å². The van der Waals surface area contributed by atoms with E-state index in [0.29, 0.717) is 38.6 Å². The molecule has 1 aliphatic rings. The molecule has 3 amide bonds. The van der Waals surface area contributed by atoms with Gasteiger partial charge in [0.1, 0.15) is 0 Å². The molecule has 1 aliphatic heterocycles. The third-order valence-electron chi connectivity index (χ3n) is 3.47. The molecule has 0 unspecified atom stereocenters. The number of hydrogen-bond donors (Lipinski definition) is 1. The summed E-state index contributed by atoms with van der Waals surface area (Å²) in [5.41, 5.74) is 0. The summed E-state index contributed by atoms with van der Waals surface area (Å²) in [6.07, 6.45) is 0. The Bertz CT molecular complexity index is 505. The number of hydrogen-bond acceptors (Lipinski definition) is 3. The molecule has 1 aromatic rings. The summed E-state index contributed by atoms with van der Waals surface area (Å²) >= 11 is 1.52. The number of thiophene rings is 1. The first-order chi connectivity index (χ1) is 9.97. The summed E-state index contributed by atoms with van der Waals surface area (Å²) in [5.74, 6) is 0.522. The highest BCUT2D eigenvalue weighted by atomic mass is 32.1. The van der Waals surface area contributed by atoms with E-state index in [0.717, 1.165) is 9.75 Å². The number of carbonyl (C=O) groups is 2. The van der Waals surface area contributed by atoms with Gasteiger partial charge in [0.25, 0.3) is 5.91 Å². The Morgan fingerprint density at radius 3 is 2.33 bits per heavy atom. The Balaban J connectivity index is 1.83. The normalized spacial score (nSPS) is 15.4. The zero-order valence-corrected chi connectivity index (χ0v) is 13.7. The molecule has 1 aromatic heterocycles. The number of nitrogens with one attached hydrogen (secondary N) is 1. The van der Waals surface area contributed by atoms with E-state index < -0.39 is 0 Å². The van der Waals surface area contributed by atoms with Crippen LogP contribution in [0.5, 0.6) is 0 Å². The second-order valence-corrected chi connectivity index (χ2v) is 7.06. The van der Waals surface area contributed by atoms with Crippen LogP contribution >= 0.6 is 11.3 Å². The molecule has 1 fully saturated rings. The van der Waals surface area contributed by atoms with Gasteiger partial charge in [-0.1, -0.05) is 13.8 Å². The van der Waals surface area contributed by atoms with E-state index >= 15 is 0 Å². The zero-order chi connectivity index (χ0) is 15.4. The Kier molecular flexibility index (Phi) is 5.22. The number of piperazine rings is 1. The molecule has 0 aromatic carbocycles. The van der Waals surface area contributed by atoms with Crippen LogP contribution in [0.25, 0.3) is 0 Å². The van der Waals surface area contributed by atoms with Gasteiger partial charge in [-0.2, -0.15) is 0 Å². The van der Waals surface area contributed by atoms with E-state index in [4.69, 9.17) is 0 Å². The van der Waals surface area contributed by atoms with Crippen LogP contribution in [-0.2, 0) is 0 Å². The quantitative estimate of drug-likeness (QED) is 0.930. The lowest BCUT2D eigenvalue weighted by Crippen LogP contribution is -2.53. The minimum atomic E-state index is -0.0252. The Morgan fingerprint density at radius 2 is 1.81 bits per heavy atom. The molecule has 0 spiro atoms. The molecular weight excluding hydrogens is 286 g/mol. The number of urea groups is 1. The van der Waals surface area contributed by atoms with Gasteiger partial charge >= 0.3 is 6.03 Å². The lowest BCUT2D eigenvalue weighted by Gasteiger charge is -2.34. The fourth-order valence-electron chi connectivity index (χ4n) is 2.22. The lowest BCUT2D eigenvalue weighted by molar-refractivity contribution is 0.0669. The largest absolute Gasteiger partial charge is 0.338 e. The van der Waals surface area contributed by atoms with Crippen LogP contribution in [0.3, 0.4) is 0 Å². The van der Waals surface area contributed by atoms with E-state index in [2.05, 4.69) is 19.2 Å². The maximum Gasteiger partial charge on any atom is 0.317 e. The number of nitrogens with zero attached hydrogens (tertiary/aromatic N) is 2. The maximum atomic E-state index is 12.3. The number of rotatable bonds is 3. The molecule has 5 nitrogen and oxygen atoms in total. The molecule has 1 saturated heterocycles. The van der Waals surface area contributed by atoms with E-state index in [1.54, 1.807) is 4.90 Å². The fraction of sp³-hybridized carbons (Fsp3) is 0.600. The minimum Gasteiger partial charge on any atom is -0.338 e. The molecule has 116 valence electrons. The van der Waals surface area contributed by atoms with Crippen LogP contribution < -0.4 is 5.32 Å². The van der Waals surface area contributed by atoms with Crippen molar-refractivity contribution in [2.24, 2.45) is 5.92 Å². The number of aryl methyl sites for hydroxylation is 1. The molecule has 0 bridgehead atoms. The third kappa shape index (κ3) is 4.20. The first kappa shape index (κ1) is 15.8. The van der Waals surface area contributed by atoms with Crippen molar-refractivity contribution >= 4 is 23.3 Å². The molecular formula is C15H23N3O2S. The third-order valence-corrected chi connectivity index (χ3v) is 4.46. The second kappa shape index (κ2) is 6.93. The van der Waals surface area contributed by atoms with Crippen LogP contribution in [0, 0.1) is 12.8 Å². The molecule has 2 heterocycles. The van der Waals surface area contributed by atoms with E-state index in [-0.39, 0.29) is 11.9 Å². The van der Waals surface area contributed by atoms with E-state index in [1.807, 2.05) is 24.0 Å². The smallest absolute Gasteiger partial charge is 0.317 e. The molecule has 0 saturated carbocycles. The summed E-state index contributed by atoms with van der Waals surface area (Å²) in [5, 5.41) is 2.92. The molecule has 6 heteroatoms. The van der Waals surface area contributed by atoms with Gasteiger partial charge in [-0.05, 0) is 25.0 Å². The molecule has 21 heavy (non-hydrogen) atoms. The van der Waals surface area contributed by atoms with Crippen molar-refractivity contribution in [1.82, 2.24) is 15.1 Å². The van der Waals surface area contributed by atoms with Gasteiger partial charge in [0.15, 0.2) is 0 Å². The topological polar surface area (TPSA) is 52.7 Å². The first-order valence-electron chi connectivity index (χ1n) is 7.36. The highest BCUT2D eigenvalue weighted by Crippen LogP contribution is 2.18. The fourth-order valence-corrected chi connectivity index (χ4v) is 3.06. The van der Waals surface area contributed by atoms with Crippen LogP contribution in [0.2, 0.25) is 0 Å². The van der Waals surface area contributed by atoms with Crippen molar-refractivity contribution < 1.29 is 9.59 Å². The summed E-state index contributed by atoms with van der Waals surface area (Å²) in [4.78, 5) is 29.8. The van der Waals surface area contributed by atoms with Crippen molar-refractivity contribution in [1.29, 1.82) is 0 Å². The van der Waals surface area contributed by atoms with Gasteiger partial charge in [-0.15, -0.1) is 11.3 Å². The lowest BCUT2D eigenvalue weighted by atomic mass is 10.2. The predicted molar refractivity (Wildman–Crippen MR) is 84.8 cm³/mol. The molecule has 2 rings (SSSR count). The van der Waals surface area contributed by atoms with Crippen molar-refractivity contribution in [3.63, 3.8) is 0 Å². The summed E-state index contributed by atoms with van der Waals surface area (Å²) in [6.45, 7) is 9.22. The summed E-state index contributed by atoms with van der Waals surface area (Å²) in [7, 11) is 0. The second-order valence-electron chi connectivity index (χ2n) is 5.77. The molecule has 1 N–H and O–H groups in total. The Morgan fingerprint density at radius 1 is 1.19 bits per heavy atom. The van der Waals surface area contributed by atoms with Crippen molar-refractivity contribution in [3.05, 3.63) is 21.9 Å². The van der Waals surface area contributed by atoms with Gasteiger partial charge in [0.2, 0.25) is 0 Å². The van der Waals surface area contributed by atoms with Crippen molar-refractivity contribution in [2.75, 3.05) is 32.7 Å². The Hall–Kier alpha value is -1.56. The first-order valence-corrected chi connectivity index (χ1v) is 8.17. The molecule has 0 radical (unpaired) electrons. The highest BCUT2D eigenvalue weighted by Gasteiger charge is 2.25. The highest BCUT2D eigenvalue weighted by molar-refractivity contribution is 7.13. The predicted octanol–water partition coefficient (Wildman–Crippen LogP) is 2.18. The van der Waals surface area contributed by atoms with Gasteiger partial charge < -0.3 is 15.1 Å². The Labute approximate surface area is 129 Å². The zero-order valence-electron chi connectivity index (χ0n) is 12.9. The van der Waals surface area contributed by atoms with Gasteiger partial charge in [0.05, 0.1) is 4.88 Å². The number of amides is 3. The van der Waals surface area contributed by atoms with E-state index in [1.165, 1.54) is 11.3 Å². The van der Waals surface area contributed by atoms with Crippen LogP contribution in [0.4, 0.5) is 4.79 Å². The van der Waals surface area contributed by atoms with Crippen LogP contribution in [0.1, 0.15) is 28.4 Å². The molecule has 0 aliphatic carbocycles.